The smallest absolute Gasteiger partial charge is 0.417 e. The van der Waals surface area contributed by atoms with Crippen LogP contribution in [-0.4, -0.2) is 12.6 Å². The average molecular weight is 267 g/mol. The fraction of sp³-hybridized carbons (Fsp3) is 0.364. The van der Waals surface area contributed by atoms with Crippen LogP contribution < -0.4 is 0 Å². The van der Waals surface area contributed by atoms with Gasteiger partial charge in [0.15, 0.2) is 0 Å². The number of halogens is 4. The van der Waals surface area contributed by atoms with Crippen molar-refractivity contribution >= 4 is 17.6 Å². The second-order valence-electron chi connectivity index (χ2n) is 3.29. The Hall–Kier alpha value is -1.23. The normalized spacial score (nSPS) is 11.4. The van der Waals surface area contributed by atoms with Gasteiger partial charge in [0.05, 0.1) is 23.6 Å². The third-order valence-corrected chi connectivity index (χ3v) is 2.32. The zero-order chi connectivity index (χ0) is 13.1. The Morgan fingerprint density at radius 3 is 2.59 bits per heavy atom. The van der Waals surface area contributed by atoms with Gasteiger partial charge in [-0.2, -0.15) is 13.2 Å². The highest BCUT2D eigenvalue weighted by atomic mass is 35.5. The fourth-order valence-corrected chi connectivity index (χ4v) is 1.50. The Labute approximate surface area is 101 Å². The van der Waals surface area contributed by atoms with Crippen molar-refractivity contribution in [3.63, 3.8) is 0 Å². The van der Waals surface area contributed by atoms with E-state index in [-0.39, 0.29) is 23.6 Å². The minimum atomic E-state index is -4.53. The summed E-state index contributed by atoms with van der Waals surface area (Å²) >= 11 is 5.44. The standard InChI is InChI=1S/C11H10ClF3O2/c1-2-17-10(16)6-7-3-4-9(12)8(5-7)11(13,14)15/h3-5H,2,6H2,1H3. The van der Waals surface area contributed by atoms with Crippen LogP contribution in [0.2, 0.25) is 5.02 Å². The Kier molecular flexibility index (Phi) is 4.40. The lowest BCUT2D eigenvalue weighted by molar-refractivity contribution is -0.142. The number of carbonyl (C=O) groups excluding carboxylic acids is 1. The van der Waals surface area contributed by atoms with Crippen LogP contribution in [0, 0.1) is 0 Å². The molecule has 94 valence electrons. The molecule has 0 aliphatic heterocycles. The minimum Gasteiger partial charge on any atom is -0.466 e. The van der Waals surface area contributed by atoms with Gasteiger partial charge in [0.1, 0.15) is 0 Å². The molecule has 0 bridgehead atoms. The van der Waals surface area contributed by atoms with Crippen molar-refractivity contribution in [1.82, 2.24) is 0 Å². The molecule has 1 aromatic rings. The van der Waals surface area contributed by atoms with E-state index in [9.17, 15) is 18.0 Å². The molecule has 0 aliphatic rings. The Balaban J connectivity index is 2.93. The van der Waals surface area contributed by atoms with Gasteiger partial charge in [-0.05, 0) is 24.6 Å². The van der Waals surface area contributed by atoms with Gasteiger partial charge in [-0.25, -0.2) is 0 Å². The number of hydrogen-bond donors (Lipinski definition) is 0. The lowest BCUT2D eigenvalue weighted by Gasteiger charge is -2.10. The molecule has 1 aromatic carbocycles. The molecular weight excluding hydrogens is 257 g/mol. The molecule has 0 amide bonds. The first-order valence-corrected chi connectivity index (χ1v) is 5.23. The molecular formula is C11H10ClF3O2. The van der Waals surface area contributed by atoms with E-state index in [2.05, 4.69) is 4.74 Å². The molecule has 0 heterocycles. The Bertz CT molecular complexity index is 416. The van der Waals surface area contributed by atoms with Gasteiger partial charge in [0, 0.05) is 0 Å². The number of hydrogen-bond acceptors (Lipinski definition) is 2. The largest absolute Gasteiger partial charge is 0.466 e. The van der Waals surface area contributed by atoms with Crippen molar-refractivity contribution in [2.24, 2.45) is 0 Å². The van der Waals surface area contributed by atoms with Crippen molar-refractivity contribution < 1.29 is 22.7 Å². The van der Waals surface area contributed by atoms with Crippen LogP contribution in [-0.2, 0) is 22.1 Å². The molecule has 0 unspecified atom stereocenters. The summed E-state index contributed by atoms with van der Waals surface area (Å²) in [6.07, 6.45) is -4.73. The molecule has 0 fully saturated rings. The van der Waals surface area contributed by atoms with Crippen molar-refractivity contribution in [2.45, 2.75) is 19.5 Å². The number of esters is 1. The number of ether oxygens (including phenoxy) is 1. The monoisotopic (exact) mass is 266 g/mol. The molecule has 0 saturated carbocycles. The van der Waals surface area contributed by atoms with E-state index in [0.717, 1.165) is 12.1 Å². The van der Waals surface area contributed by atoms with Crippen LogP contribution >= 0.6 is 11.6 Å². The van der Waals surface area contributed by atoms with Crippen LogP contribution in [0.15, 0.2) is 18.2 Å². The predicted octanol–water partition coefficient (Wildman–Crippen LogP) is 3.46. The molecule has 17 heavy (non-hydrogen) atoms. The fourth-order valence-electron chi connectivity index (χ4n) is 1.28. The molecule has 6 heteroatoms. The molecule has 0 aliphatic carbocycles. The predicted molar refractivity (Wildman–Crippen MR) is 56.8 cm³/mol. The topological polar surface area (TPSA) is 26.3 Å². The Morgan fingerprint density at radius 2 is 2.06 bits per heavy atom. The summed E-state index contributed by atoms with van der Waals surface area (Å²) in [6.45, 7) is 1.82. The van der Waals surface area contributed by atoms with Crippen LogP contribution in [0.5, 0.6) is 0 Å². The third kappa shape index (κ3) is 3.93. The van der Waals surface area contributed by atoms with Crippen LogP contribution in [0.25, 0.3) is 0 Å². The molecule has 0 radical (unpaired) electrons. The number of benzene rings is 1. The van der Waals surface area contributed by atoms with Gasteiger partial charge >= 0.3 is 12.1 Å². The first-order valence-electron chi connectivity index (χ1n) is 4.86. The van der Waals surface area contributed by atoms with Crippen molar-refractivity contribution in [3.8, 4) is 0 Å². The minimum absolute atomic E-state index is 0.193. The highest BCUT2D eigenvalue weighted by Crippen LogP contribution is 2.35. The summed E-state index contributed by atoms with van der Waals surface area (Å²) in [5.41, 5.74) is -0.721. The first kappa shape index (κ1) is 13.8. The number of alkyl halides is 3. The second kappa shape index (κ2) is 5.40. The van der Waals surface area contributed by atoms with E-state index >= 15 is 0 Å². The van der Waals surface area contributed by atoms with E-state index in [1.165, 1.54) is 6.07 Å². The molecule has 2 nitrogen and oxygen atoms in total. The second-order valence-corrected chi connectivity index (χ2v) is 3.70. The van der Waals surface area contributed by atoms with Crippen molar-refractivity contribution in [1.29, 1.82) is 0 Å². The van der Waals surface area contributed by atoms with Crippen LogP contribution in [0.4, 0.5) is 13.2 Å². The molecule has 0 saturated heterocycles. The van der Waals surface area contributed by atoms with Crippen LogP contribution in [0.3, 0.4) is 0 Å². The number of carbonyl (C=O) groups is 1. The van der Waals surface area contributed by atoms with E-state index in [0.29, 0.717) is 0 Å². The third-order valence-electron chi connectivity index (χ3n) is 1.99. The van der Waals surface area contributed by atoms with Crippen LogP contribution in [0.1, 0.15) is 18.1 Å². The molecule has 1 rings (SSSR count). The van der Waals surface area contributed by atoms with Crippen molar-refractivity contribution in [2.75, 3.05) is 6.61 Å². The molecule has 0 N–H and O–H groups in total. The summed E-state index contributed by atoms with van der Waals surface area (Å²) in [5, 5.41) is -0.384. The van der Waals surface area contributed by atoms with E-state index in [1.54, 1.807) is 6.92 Å². The maximum atomic E-state index is 12.5. The zero-order valence-corrected chi connectivity index (χ0v) is 9.73. The lowest BCUT2D eigenvalue weighted by atomic mass is 10.1. The van der Waals surface area contributed by atoms with Gasteiger partial charge in [0.25, 0.3) is 0 Å². The molecule has 0 atom stereocenters. The zero-order valence-electron chi connectivity index (χ0n) is 8.97. The molecule has 0 aromatic heterocycles. The summed E-state index contributed by atoms with van der Waals surface area (Å²) in [6, 6.07) is 3.35. The lowest BCUT2D eigenvalue weighted by Crippen LogP contribution is -2.10. The summed E-state index contributed by atoms with van der Waals surface area (Å²) in [7, 11) is 0. The van der Waals surface area contributed by atoms with E-state index < -0.39 is 17.7 Å². The SMILES string of the molecule is CCOC(=O)Cc1ccc(Cl)c(C(F)(F)F)c1. The van der Waals surface area contributed by atoms with Gasteiger partial charge in [0.2, 0.25) is 0 Å². The van der Waals surface area contributed by atoms with Crippen molar-refractivity contribution in [3.05, 3.63) is 34.3 Å². The Morgan fingerprint density at radius 1 is 1.41 bits per heavy atom. The van der Waals surface area contributed by atoms with Gasteiger partial charge in [-0.3, -0.25) is 4.79 Å². The van der Waals surface area contributed by atoms with Gasteiger partial charge in [-0.15, -0.1) is 0 Å². The highest BCUT2D eigenvalue weighted by Gasteiger charge is 2.33. The molecule has 0 spiro atoms. The quantitative estimate of drug-likeness (QED) is 0.783. The van der Waals surface area contributed by atoms with E-state index in [4.69, 9.17) is 11.6 Å². The maximum Gasteiger partial charge on any atom is 0.417 e. The van der Waals surface area contributed by atoms with E-state index in [1.807, 2.05) is 0 Å². The highest BCUT2D eigenvalue weighted by molar-refractivity contribution is 6.31. The summed E-state index contributed by atoms with van der Waals surface area (Å²) in [5.74, 6) is -0.567. The number of rotatable bonds is 3. The average Bonchev–Trinajstić information content (AvgIpc) is 2.19. The summed E-state index contributed by atoms with van der Waals surface area (Å²) in [4.78, 5) is 11.1. The van der Waals surface area contributed by atoms with Gasteiger partial charge < -0.3 is 4.74 Å². The summed E-state index contributed by atoms with van der Waals surface area (Å²) < 4.78 is 42.2. The first-order chi connectivity index (χ1) is 7.84. The van der Waals surface area contributed by atoms with Gasteiger partial charge in [-0.1, -0.05) is 17.7 Å². The maximum absolute atomic E-state index is 12.5.